The molecule has 1 aliphatic rings. The van der Waals surface area contributed by atoms with Crippen LogP contribution < -0.4 is 15.1 Å². The van der Waals surface area contributed by atoms with Crippen molar-refractivity contribution < 1.29 is 19.1 Å². The standard InChI is InChI=1S/C21H21N3O4/c1-4-19(25)22-16-8-5-14(6-9-16)20(26)24-12-11-23(2)17-10-7-15(13-18(17)24)21(27)28-3/h4-10,13H,1,11-12H2,2-3H3,(H,22,25). The molecule has 0 aromatic heterocycles. The minimum absolute atomic E-state index is 0.182. The number of fused-ring (bicyclic) bond motifs is 1. The first-order valence-corrected chi connectivity index (χ1v) is 8.73. The highest BCUT2D eigenvalue weighted by molar-refractivity contribution is 6.09. The first kappa shape index (κ1) is 19.2. The topological polar surface area (TPSA) is 79.0 Å². The molecule has 2 aromatic rings. The predicted molar refractivity (Wildman–Crippen MR) is 108 cm³/mol. The highest BCUT2D eigenvalue weighted by Crippen LogP contribution is 2.34. The van der Waals surface area contributed by atoms with Crippen LogP contribution in [0, 0.1) is 0 Å². The molecule has 7 nitrogen and oxygen atoms in total. The van der Waals surface area contributed by atoms with Crippen molar-refractivity contribution in [3.8, 4) is 0 Å². The van der Waals surface area contributed by atoms with Crippen LogP contribution in [0.25, 0.3) is 0 Å². The van der Waals surface area contributed by atoms with Gasteiger partial charge in [0.1, 0.15) is 0 Å². The van der Waals surface area contributed by atoms with Gasteiger partial charge in [-0.25, -0.2) is 4.79 Å². The molecule has 0 radical (unpaired) electrons. The van der Waals surface area contributed by atoms with Gasteiger partial charge in [-0.1, -0.05) is 6.58 Å². The first-order chi connectivity index (χ1) is 13.4. The number of hydrogen-bond donors (Lipinski definition) is 1. The largest absolute Gasteiger partial charge is 0.465 e. The zero-order chi connectivity index (χ0) is 20.3. The molecule has 0 aliphatic carbocycles. The van der Waals surface area contributed by atoms with Crippen LogP contribution in [0.15, 0.2) is 55.1 Å². The van der Waals surface area contributed by atoms with Crippen molar-refractivity contribution in [3.63, 3.8) is 0 Å². The van der Waals surface area contributed by atoms with E-state index in [1.54, 1.807) is 41.3 Å². The van der Waals surface area contributed by atoms with Gasteiger partial charge in [0.2, 0.25) is 5.91 Å². The lowest BCUT2D eigenvalue weighted by atomic mass is 10.1. The van der Waals surface area contributed by atoms with E-state index in [1.165, 1.54) is 13.2 Å². The van der Waals surface area contributed by atoms with Crippen LogP contribution in [0.3, 0.4) is 0 Å². The molecule has 2 aromatic carbocycles. The van der Waals surface area contributed by atoms with Gasteiger partial charge in [0, 0.05) is 31.4 Å². The Morgan fingerprint density at radius 1 is 1.04 bits per heavy atom. The van der Waals surface area contributed by atoms with Crippen molar-refractivity contribution in [2.24, 2.45) is 0 Å². The van der Waals surface area contributed by atoms with Crippen LogP contribution in [0.2, 0.25) is 0 Å². The van der Waals surface area contributed by atoms with E-state index in [4.69, 9.17) is 4.74 Å². The molecule has 0 unspecified atom stereocenters. The average molecular weight is 379 g/mol. The second kappa shape index (κ2) is 7.96. The molecule has 1 N–H and O–H groups in total. The van der Waals surface area contributed by atoms with Crippen LogP contribution in [0.5, 0.6) is 0 Å². The lowest BCUT2D eigenvalue weighted by molar-refractivity contribution is -0.111. The van der Waals surface area contributed by atoms with Gasteiger partial charge < -0.3 is 19.9 Å². The quantitative estimate of drug-likeness (QED) is 0.653. The summed E-state index contributed by atoms with van der Waals surface area (Å²) >= 11 is 0. The van der Waals surface area contributed by atoms with E-state index in [2.05, 4.69) is 11.9 Å². The number of likely N-dealkylation sites (N-methyl/N-ethyl adjacent to an activating group) is 1. The maximum atomic E-state index is 13.1. The van der Waals surface area contributed by atoms with Gasteiger partial charge in [-0.2, -0.15) is 0 Å². The average Bonchev–Trinajstić information content (AvgIpc) is 2.73. The third kappa shape index (κ3) is 3.73. The minimum atomic E-state index is -0.453. The molecule has 0 saturated carbocycles. The van der Waals surface area contributed by atoms with E-state index >= 15 is 0 Å². The number of nitrogens with one attached hydrogen (secondary N) is 1. The van der Waals surface area contributed by atoms with Gasteiger partial charge in [-0.05, 0) is 48.5 Å². The third-order valence-corrected chi connectivity index (χ3v) is 4.59. The summed E-state index contributed by atoms with van der Waals surface area (Å²) in [6.07, 6.45) is 1.18. The van der Waals surface area contributed by atoms with Crippen LogP contribution in [-0.2, 0) is 9.53 Å². The maximum Gasteiger partial charge on any atom is 0.337 e. The van der Waals surface area contributed by atoms with Crippen LogP contribution in [0.4, 0.5) is 17.1 Å². The molecule has 0 fully saturated rings. The molecule has 0 saturated heterocycles. The number of benzene rings is 2. The number of ether oxygens (including phenoxy) is 1. The monoisotopic (exact) mass is 379 g/mol. The van der Waals surface area contributed by atoms with Crippen molar-refractivity contribution in [1.82, 2.24) is 0 Å². The van der Waals surface area contributed by atoms with Crippen molar-refractivity contribution in [3.05, 3.63) is 66.2 Å². The lowest BCUT2D eigenvalue weighted by Gasteiger charge is -2.36. The van der Waals surface area contributed by atoms with Gasteiger partial charge in [0.05, 0.1) is 24.0 Å². The lowest BCUT2D eigenvalue weighted by Crippen LogP contribution is -2.42. The van der Waals surface area contributed by atoms with E-state index in [9.17, 15) is 14.4 Å². The summed E-state index contributed by atoms with van der Waals surface area (Å²) in [5.41, 5.74) is 2.97. The summed E-state index contributed by atoms with van der Waals surface area (Å²) in [4.78, 5) is 40.1. The molecule has 1 aliphatic heterocycles. The second-order valence-electron chi connectivity index (χ2n) is 6.34. The number of nitrogens with zero attached hydrogens (tertiary/aromatic N) is 2. The molecule has 3 rings (SSSR count). The fraction of sp³-hybridized carbons (Fsp3) is 0.190. The van der Waals surface area contributed by atoms with E-state index < -0.39 is 5.97 Å². The van der Waals surface area contributed by atoms with Crippen molar-refractivity contribution >= 4 is 34.8 Å². The molecule has 1 heterocycles. The molecule has 0 spiro atoms. The van der Waals surface area contributed by atoms with E-state index in [0.717, 1.165) is 5.69 Å². The van der Waals surface area contributed by atoms with Gasteiger partial charge in [0.15, 0.2) is 0 Å². The van der Waals surface area contributed by atoms with Gasteiger partial charge in [0.25, 0.3) is 5.91 Å². The number of carbonyl (C=O) groups excluding carboxylic acids is 3. The van der Waals surface area contributed by atoms with Gasteiger partial charge >= 0.3 is 5.97 Å². The van der Waals surface area contributed by atoms with Crippen molar-refractivity contribution in [2.75, 3.05) is 42.4 Å². The molecular formula is C21H21N3O4. The molecule has 0 bridgehead atoms. The van der Waals surface area contributed by atoms with E-state index in [-0.39, 0.29) is 11.8 Å². The SMILES string of the molecule is C=CC(=O)Nc1ccc(C(=O)N2CCN(C)c3ccc(C(=O)OC)cc32)cc1. The zero-order valence-electron chi connectivity index (χ0n) is 15.8. The summed E-state index contributed by atoms with van der Waals surface area (Å²) in [6.45, 7) is 4.57. The van der Waals surface area contributed by atoms with Gasteiger partial charge in [-0.3, -0.25) is 9.59 Å². The first-order valence-electron chi connectivity index (χ1n) is 8.73. The third-order valence-electron chi connectivity index (χ3n) is 4.59. The summed E-state index contributed by atoms with van der Waals surface area (Å²) in [5, 5.41) is 2.65. The fourth-order valence-electron chi connectivity index (χ4n) is 3.05. The number of hydrogen-bond acceptors (Lipinski definition) is 5. The Bertz CT molecular complexity index is 937. The molecule has 7 heteroatoms. The number of esters is 1. The van der Waals surface area contributed by atoms with Crippen LogP contribution >= 0.6 is 0 Å². The highest BCUT2D eigenvalue weighted by Gasteiger charge is 2.27. The number of methoxy groups -OCH3 is 1. The Morgan fingerprint density at radius 2 is 1.71 bits per heavy atom. The summed E-state index contributed by atoms with van der Waals surface area (Å²) in [7, 11) is 3.26. The van der Waals surface area contributed by atoms with Crippen molar-refractivity contribution in [2.45, 2.75) is 0 Å². The number of anilines is 3. The Labute approximate surface area is 163 Å². The Hall–Kier alpha value is -3.61. The summed E-state index contributed by atoms with van der Waals surface area (Å²) < 4.78 is 4.79. The van der Waals surface area contributed by atoms with Crippen LogP contribution in [-0.4, -0.2) is 45.0 Å². The second-order valence-corrected chi connectivity index (χ2v) is 6.34. The van der Waals surface area contributed by atoms with E-state index in [0.29, 0.717) is 35.6 Å². The van der Waals surface area contributed by atoms with Crippen molar-refractivity contribution in [1.29, 1.82) is 0 Å². The summed E-state index contributed by atoms with van der Waals surface area (Å²) in [5.74, 6) is -0.953. The minimum Gasteiger partial charge on any atom is -0.465 e. The van der Waals surface area contributed by atoms with Crippen LogP contribution in [0.1, 0.15) is 20.7 Å². The zero-order valence-corrected chi connectivity index (χ0v) is 15.8. The smallest absolute Gasteiger partial charge is 0.337 e. The molecule has 0 atom stereocenters. The molecule has 28 heavy (non-hydrogen) atoms. The molecule has 144 valence electrons. The highest BCUT2D eigenvalue weighted by atomic mass is 16.5. The Balaban J connectivity index is 1.90. The fourth-order valence-corrected chi connectivity index (χ4v) is 3.05. The molecule has 2 amide bonds. The molecular weight excluding hydrogens is 358 g/mol. The Kier molecular flexibility index (Phi) is 5.44. The number of amides is 2. The van der Waals surface area contributed by atoms with E-state index in [1.807, 2.05) is 18.0 Å². The maximum absolute atomic E-state index is 13.1. The number of rotatable bonds is 4. The summed E-state index contributed by atoms with van der Waals surface area (Å²) in [6, 6.07) is 11.8. The Morgan fingerprint density at radius 3 is 2.36 bits per heavy atom. The van der Waals surface area contributed by atoms with Gasteiger partial charge in [-0.15, -0.1) is 0 Å². The predicted octanol–water partition coefficient (Wildman–Crippen LogP) is 2.69. The normalized spacial score (nSPS) is 12.8. The number of carbonyl (C=O) groups is 3.